The summed E-state index contributed by atoms with van der Waals surface area (Å²) < 4.78 is 14.9. The van der Waals surface area contributed by atoms with Crippen LogP contribution in [0.4, 0.5) is 4.39 Å². The van der Waals surface area contributed by atoms with Gasteiger partial charge in [0.1, 0.15) is 5.82 Å². The average molecular weight is 473 g/mol. The van der Waals surface area contributed by atoms with Gasteiger partial charge in [0.15, 0.2) is 5.96 Å². The summed E-state index contributed by atoms with van der Waals surface area (Å²) in [5.74, 6) is 0.555. The molecule has 0 aliphatic heterocycles. The fourth-order valence-corrected chi connectivity index (χ4v) is 2.96. The molecule has 5 nitrogen and oxygen atoms in total. The molecule has 0 fully saturated rings. The maximum Gasteiger partial charge on any atom is 0.191 e. The summed E-state index contributed by atoms with van der Waals surface area (Å²) in [4.78, 5) is 4.27. The molecular weight excluding hydrogens is 444 g/mol. The zero-order valence-corrected chi connectivity index (χ0v) is 18.3. The zero-order valence-electron chi connectivity index (χ0n) is 16.0. The third-order valence-corrected chi connectivity index (χ3v) is 4.30. The Balaban J connectivity index is 0.00000338. The van der Waals surface area contributed by atoms with E-state index in [2.05, 4.69) is 34.6 Å². The lowest BCUT2D eigenvalue weighted by Crippen LogP contribution is -2.38. The molecule has 26 heavy (non-hydrogen) atoms. The smallest absolute Gasteiger partial charge is 0.191 e. The highest BCUT2D eigenvalue weighted by Crippen LogP contribution is 2.15. The van der Waals surface area contributed by atoms with Crippen molar-refractivity contribution in [3.8, 4) is 0 Å². The molecule has 0 aliphatic carbocycles. The van der Waals surface area contributed by atoms with Crippen LogP contribution in [0.3, 0.4) is 0 Å². The Morgan fingerprint density at radius 1 is 1.15 bits per heavy atom. The minimum absolute atomic E-state index is 0. The molecule has 0 atom stereocenters. The van der Waals surface area contributed by atoms with Crippen LogP contribution >= 0.6 is 24.0 Å². The molecule has 0 radical (unpaired) electrons. The van der Waals surface area contributed by atoms with Crippen molar-refractivity contribution in [3.05, 3.63) is 52.6 Å². The number of aryl methyl sites for hydroxylation is 2. The maximum absolute atomic E-state index is 12.9. The van der Waals surface area contributed by atoms with Gasteiger partial charge in [-0.3, -0.25) is 9.67 Å². The van der Waals surface area contributed by atoms with Crippen LogP contribution in [0, 0.1) is 5.82 Å². The van der Waals surface area contributed by atoms with Crippen LogP contribution in [-0.2, 0) is 32.9 Å². The third kappa shape index (κ3) is 5.96. The Morgan fingerprint density at radius 2 is 1.85 bits per heavy atom. The minimum atomic E-state index is -0.205. The van der Waals surface area contributed by atoms with Crippen molar-refractivity contribution in [2.45, 2.75) is 39.7 Å². The van der Waals surface area contributed by atoms with E-state index in [-0.39, 0.29) is 29.8 Å². The molecule has 0 unspecified atom stereocenters. The number of hydrogen-bond donors (Lipinski definition) is 2. The highest BCUT2D eigenvalue weighted by atomic mass is 127. The number of benzene rings is 1. The number of aromatic nitrogens is 2. The minimum Gasteiger partial charge on any atom is -0.356 e. The lowest BCUT2D eigenvalue weighted by atomic mass is 10.1. The van der Waals surface area contributed by atoms with Crippen molar-refractivity contribution in [2.75, 3.05) is 13.6 Å². The topological polar surface area (TPSA) is 54.2 Å². The van der Waals surface area contributed by atoms with Gasteiger partial charge in [-0.2, -0.15) is 5.10 Å². The van der Waals surface area contributed by atoms with Gasteiger partial charge in [0.05, 0.1) is 5.69 Å². The first-order chi connectivity index (χ1) is 12.1. The highest BCUT2D eigenvalue weighted by molar-refractivity contribution is 14.0. The number of nitrogens with one attached hydrogen (secondary N) is 2. The van der Waals surface area contributed by atoms with E-state index in [0.717, 1.165) is 43.0 Å². The molecule has 0 bridgehead atoms. The summed E-state index contributed by atoms with van der Waals surface area (Å²) >= 11 is 0. The molecule has 144 valence electrons. The second-order valence-corrected chi connectivity index (χ2v) is 5.93. The predicted molar refractivity (Wildman–Crippen MR) is 116 cm³/mol. The van der Waals surface area contributed by atoms with Crippen LogP contribution in [0.1, 0.15) is 36.4 Å². The second kappa shape index (κ2) is 11.2. The SMILES string of the molecule is CCc1nn(C)c(CC)c1CNC(=NC)NCCc1ccc(F)cc1.I. The van der Waals surface area contributed by atoms with Crippen molar-refractivity contribution in [1.29, 1.82) is 0 Å². The van der Waals surface area contributed by atoms with Crippen molar-refractivity contribution < 1.29 is 4.39 Å². The van der Waals surface area contributed by atoms with E-state index >= 15 is 0 Å². The first-order valence-corrected chi connectivity index (χ1v) is 8.81. The Labute approximate surface area is 172 Å². The lowest BCUT2D eigenvalue weighted by molar-refractivity contribution is 0.626. The largest absolute Gasteiger partial charge is 0.356 e. The molecule has 0 saturated heterocycles. The van der Waals surface area contributed by atoms with Gasteiger partial charge in [0.2, 0.25) is 0 Å². The van der Waals surface area contributed by atoms with Gasteiger partial charge in [-0.25, -0.2) is 4.39 Å². The Morgan fingerprint density at radius 3 is 2.42 bits per heavy atom. The molecule has 1 heterocycles. The van der Waals surface area contributed by atoms with Gasteiger partial charge in [-0.1, -0.05) is 26.0 Å². The normalized spacial score (nSPS) is 11.2. The van der Waals surface area contributed by atoms with E-state index < -0.39 is 0 Å². The molecular formula is C19H29FIN5. The molecule has 1 aromatic carbocycles. The quantitative estimate of drug-likeness (QED) is 0.369. The number of nitrogens with zero attached hydrogens (tertiary/aromatic N) is 3. The summed E-state index contributed by atoms with van der Waals surface area (Å²) in [5.41, 5.74) is 4.74. The molecule has 0 spiro atoms. The van der Waals surface area contributed by atoms with E-state index in [9.17, 15) is 4.39 Å². The van der Waals surface area contributed by atoms with E-state index in [1.165, 1.54) is 23.4 Å². The van der Waals surface area contributed by atoms with Crippen LogP contribution < -0.4 is 10.6 Å². The van der Waals surface area contributed by atoms with E-state index in [1.54, 1.807) is 7.05 Å². The van der Waals surface area contributed by atoms with Gasteiger partial charge < -0.3 is 10.6 Å². The van der Waals surface area contributed by atoms with Crippen molar-refractivity contribution in [2.24, 2.45) is 12.0 Å². The fourth-order valence-electron chi connectivity index (χ4n) is 2.96. The van der Waals surface area contributed by atoms with E-state index in [0.29, 0.717) is 6.54 Å². The van der Waals surface area contributed by atoms with E-state index in [4.69, 9.17) is 0 Å². The number of halogens is 2. The van der Waals surface area contributed by atoms with E-state index in [1.807, 2.05) is 23.9 Å². The summed E-state index contributed by atoms with van der Waals surface area (Å²) in [6, 6.07) is 6.60. The average Bonchev–Trinajstić information content (AvgIpc) is 2.94. The van der Waals surface area contributed by atoms with Crippen molar-refractivity contribution in [1.82, 2.24) is 20.4 Å². The molecule has 0 saturated carbocycles. The van der Waals surface area contributed by atoms with Gasteiger partial charge in [0, 0.05) is 38.4 Å². The summed E-state index contributed by atoms with van der Waals surface area (Å²) in [5, 5.41) is 11.3. The van der Waals surface area contributed by atoms with Gasteiger partial charge in [0.25, 0.3) is 0 Å². The number of hydrogen-bond acceptors (Lipinski definition) is 2. The summed E-state index contributed by atoms with van der Waals surface area (Å²) in [7, 11) is 3.76. The molecule has 0 amide bonds. The van der Waals surface area contributed by atoms with Crippen LogP contribution in [-0.4, -0.2) is 29.3 Å². The fraction of sp³-hybridized carbons (Fsp3) is 0.474. The monoisotopic (exact) mass is 473 g/mol. The number of aliphatic imine (C=N–C) groups is 1. The highest BCUT2D eigenvalue weighted by Gasteiger charge is 2.13. The number of rotatable bonds is 7. The first-order valence-electron chi connectivity index (χ1n) is 8.81. The standard InChI is InChI=1S/C19H28FN5.HI/c1-5-17-16(18(6-2)25(4)24-17)13-23-19(21-3)22-12-11-14-7-9-15(20)10-8-14;/h7-10H,5-6,11-13H2,1-4H3,(H2,21,22,23);1H. The first kappa shape index (κ1) is 22.4. The molecule has 1 aromatic heterocycles. The van der Waals surface area contributed by atoms with Crippen molar-refractivity contribution in [3.63, 3.8) is 0 Å². The maximum atomic E-state index is 12.9. The molecule has 7 heteroatoms. The lowest BCUT2D eigenvalue weighted by Gasteiger charge is -2.13. The van der Waals surface area contributed by atoms with Gasteiger partial charge in [-0.15, -0.1) is 24.0 Å². The van der Waals surface area contributed by atoms with Crippen LogP contribution in [0.2, 0.25) is 0 Å². The molecule has 2 N–H and O–H groups in total. The Hall–Kier alpha value is -1.64. The van der Waals surface area contributed by atoms with Crippen molar-refractivity contribution >= 4 is 29.9 Å². The second-order valence-electron chi connectivity index (χ2n) is 5.93. The summed E-state index contributed by atoms with van der Waals surface area (Å²) in [6.45, 7) is 5.72. The Bertz CT molecular complexity index is 709. The van der Waals surface area contributed by atoms with Crippen LogP contribution in [0.5, 0.6) is 0 Å². The zero-order chi connectivity index (χ0) is 18.2. The number of guanidine groups is 1. The molecule has 2 rings (SSSR count). The summed E-state index contributed by atoms with van der Waals surface area (Å²) in [6.07, 6.45) is 2.69. The van der Waals surface area contributed by atoms with Crippen LogP contribution in [0.15, 0.2) is 29.3 Å². The molecule has 2 aromatic rings. The predicted octanol–water partition coefficient (Wildman–Crippen LogP) is 3.21. The Kier molecular flexibility index (Phi) is 9.61. The third-order valence-electron chi connectivity index (χ3n) is 4.30. The molecule has 0 aliphatic rings. The van der Waals surface area contributed by atoms with Gasteiger partial charge >= 0.3 is 0 Å². The van der Waals surface area contributed by atoms with Gasteiger partial charge in [-0.05, 0) is 37.0 Å². The van der Waals surface area contributed by atoms with Crippen LogP contribution in [0.25, 0.3) is 0 Å².